The van der Waals surface area contributed by atoms with Gasteiger partial charge >= 0.3 is 0 Å². The van der Waals surface area contributed by atoms with Crippen molar-refractivity contribution in [2.24, 2.45) is 0 Å². The van der Waals surface area contributed by atoms with Crippen molar-refractivity contribution in [3.8, 4) is 5.06 Å². The second-order valence-corrected chi connectivity index (χ2v) is 9.21. The maximum atomic E-state index is 6.38. The van der Waals surface area contributed by atoms with Crippen LogP contribution in [0, 0.1) is 0 Å². The Morgan fingerprint density at radius 2 is 1.76 bits per heavy atom. The molecule has 0 unspecified atom stereocenters. The van der Waals surface area contributed by atoms with Gasteiger partial charge in [0.2, 0.25) is 0 Å². The highest BCUT2D eigenvalue weighted by Gasteiger charge is 2.27. The average Bonchev–Trinajstić information content (AvgIpc) is 3.04. The van der Waals surface area contributed by atoms with Gasteiger partial charge in [0.15, 0.2) is 5.06 Å². The second kappa shape index (κ2) is 7.95. The van der Waals surface area contributed by atoms with Gasteiger partial charge in [-0.25, -0.2) is 10.0 Å². The summed E-state index contributed by atoms with van der Waals surface area (Å²) >= 11 is 1.90. The molecule has 4 nitrogen and oxygen atoms in total. The van der Waals surface area contributed by atoms with Crippen LogP contribution in [0.5, 0.6) is 5.06 Å². The Kier molecular flexibility index (Phi) is 5.65. The van der Waals surface area contributed by atoms with Crippen LogP contribution < -0.4 is 4.74 Å². The third kappa shape index (κ3) is 4.21. The van der Waals surface area contributed by atoms with Crippen molar-refractivity contribution >= 4 is 11.3 Å². The number of likely N-dealkylation sites (tertiary alicyclic amines) is 1. The minimum absolute atomic E-state index is 0.410. The topological polar surface area (TPSA) is 19.0 Å². The van der Waals surface area contributed by atoms with Crippen LogP contribution in [0.25, 0.3) is 0 Å². The maximum absolute atomic E-state index is 6.38. The van der Waals surface area contributed by atoms with Crippen molar-refractivity contribution in [1.82, 2.24) is 14.9 Å². The molecule has 25 heavy (non-hydrogen) atoms. The molecule has 0 amide bonds. The lowest BCUT2D eigenvalue weighted by Crippen LogP contribution is -2.47. The highest BCUT2D eigenvalue weighted by molar-refractivity contribution is 7.14. The predicted octanol–water partition coefficient (Wildman–Crippen LogP) is 3.76. The molecule has 2 saturated heterocycles. The summed E-state index contributed by atoms with van der Waals surface area (Å²) in [6.45, 7) is 11.7. The number of hydrazine groups is 1. The fourth-order valence-electron chi connectivity index (χ4n) is 4.41. The predicted molar refractivity (Wildman–Crippen MR) is 104 cm³/mol. The molecule has 0 radical (unpaired) electrons. The first-order valence-corrected chi connectivity index (χ1v) is 11.0. The first-order chi connectivity index (χ1) is 12.2. The zero-order valence-electron chi connectivity index (χ0n) is 15.9. The molecule has 4 heterocycles. The molecular weight excluding hydrogens is 330 g/mol. The van der Waals surface area contributed by atoms with E-state index in [4.69, 9.17) is 4.74 Å². The zero-order chi connectivity index (χ0) is 17.2. The van der Waals surface area contributed by atoms with E-state index in [-0.39, 0.29) is 0 Å². The lowest BCUT2D eigenvalue weighted by molar-refractivity contribution is -0.0496. The van der Waals surface area contributed by atoms with Crippen molar-refractivity contribution in [3.63, 3.8) is 0 Å². The third-order valence-corrected chi connectivity index (χ3v) is 7.11. The van der Waals surface area contributed by atoms with Gasteiger partial charge in [-0.3, -0.25) is 0 Å². The number of ether oxygens (including phenoxy) is 1. The standard InChI is InChI=1S/C20H33N3OS/c1-16(2)21-11-7-18(8-12-21)24-20-14-17-6-13-23(15-19(17)25-20)22-9-4-3-5-10-22/h14,16,18H,3-13,15H2,1-2H3. The van der Waals surface area contributed by atoms with E-state index < -0.39 is 0 Å². The summed E-state index contributed by atoms with van der Waals surface area (Å²) in [5.74, 6) is 0. The fraction of sp³-hybridized carbons (Fsp3) is 0.800. The fourth-order valence-corrected chi connectivity index (χ4v) is 5.55. The Morgan fingerprint density at radius 3 is 2.48 bits per heavy atom. The number of hydrogen-bond donors (Lipinski definition) is 0. The highest BCUT2D eigenvalue weighted by Crippen LogP contribution is 2.35. The van der Waals surface area contributed by atoms with E-state index in [1.165, 1.54) is 81.7 Å². The molecule has 4 rings (SSSR count). The Labute approximate surface area is 156 Å². The Morgan fingerprint density at radius 1 is 1.00 bits per heavy atom. The molecule has 3 aliphatic heterocycles. The molecule has 1 aromatic rings. The second-order valence-electron chi connectivity index (χ2n) is 8.11. The van der Waals surface area contributed by atoms with Crippen molar-refractivity contribution < 1.29 is 4.74 Å². The number of thiophene rings is 1. The van der Waals surface area contributed by atoms with E-state index in [2.05, 4.69) is 34.8 Å². The molecule has 0 bridgehead atoms. The maximum Gasteiger partial charge on any atom is 0.174 e. The van der Waals surface area contributed by atoms with Gasteiger partial charge in [0, 0.05) is 50.2 Å². The van der Waals surface area contributed by atoms with Gasteiger partial charge in [-0.1, -0.05) is 6.42 Å². The molecule has 5 heteroatoms. The molecule has 0 aliphatic carbocycles. The summed E-state index contributed by atoms with van der Waals surface area (Å²) in [4.78, 5) is 4.10. The molecule has 1 aromatic heterocycles. The van der Waals surface area contributed by atoms with Crippen LogP contribution in [0.15, 0.2) is 6.07 Å². The molecule has 140 valence electrons. The van der Waals surface area contributed by atoms with Crippen LogP contribution in [0.3, 0.4) is 0 Å². The zero-order valence-corrected chi connectivity index (χ0v) is 16.7. The summed E-state index contributed by atoms with van der Waals surface area (Å²) < 4.78 is 6.38. The van der Waals surface area contributed by atoms with E-state index in [9.17, 15) is 0 Å². The van der Waals surface area contributed by atoms with Crippen LogP contribution in [-0.4, -0.2) is 59.8 Å². The van der Waals surface area contributed by atoms with Gasteiger partial charge in [0.1, 0.15) is 6.10 Å². The quantitative estimate of drug-likeness (QED) is 0.811. The van der Waals surface area contributed by atoms with E-state index in [1.807, 2.05) is 11.3 Å². The third-order valence-electron chi connectivity index (χ3n) is 6.06. The molecule has 0 spiro atoms. The van der Waals surface area contributed by atoms with Crippen molar-refractivity contribution in [3.05, 3.63) is 16.5 Å². The molecule has 0 N–H and O–H groups in total. The van der Waals surface area contributed by atoms with Gasteiger partial charge in [-0.05, 0) is 57.6 Å². The van der Waals surface area contributed by atoms with Gasteiger partial charge < -0.3 is 9.64 Å². The molecule has 3 aliphatic rings. The minimum atomic E-state index is 0.410. The largest absolute Gasteiger partial charge is 0.481 e. The van der Waals surface area contributed by atoms with Crippen LogP contribution in [0.4, 0.5) is 0 Å². The first-order valence-electron chi connectivity index (χ1n) is 10.2. The number of fused-ring (bicyclic) bond motifs is 1. The Hall–Kier alpha value is -0.620. The van der Waals surface area contributed by atoms with E-state index in [0.717, 1.165) is 11.6 Å². The summed E-state index contributed by atoms with van der Waals surface area (Å²) in [6, 6.07) is 3.00. The van der Waals surface area contributed by atoms with Crippen molar-refractivity contribution in [2.75, 3.05) is 32.7 Å². The van der Waals surface area contributed by atoms with Gasteiger partial charge in [-0.15, -0.1) is 11.3 Å². The lowest BCUT2D eigenvalue weighted by atomic mass is 10.1. The summed E-state index contributed by atoms with van der Waals surface area (Å²) in [5.41, 5.74) is 1.54. The Bertz CT molecular complexity index is 559. The normalized spacial score (nSPS) is 24.6. The molecule has 0 aromatic carbocycles. The average molecular weight is 364 g/mol. The van der Waals surface area contributed by atoms with Gasteiger partial charge in [0.25, 0.3) is 0 Å². The van der Waals surface area contributed by atoms with Crippen LogP contribution in [0.2, 0.25) is 0 Å². The molecule has 0 atom stereocenters. The van der Waals surface area contributed by atoms with E-state index >= 15 is 0 Å². The number of rotatable bonds is 4. The monoisotopic (exact) mass is 363 g/mol. The van der Waals surface area contributed by atoms with Crippen LogP contribution in [-0.2, 0) is 13.0 Å². The van der Waals surface area contributed by atoms with Crippen molar-refractivity contribution in [2.45, 2.75) is 71.1 Å². The number of hydrogen-bond acceptors (Lipinski definition) is 5. The van der Waals surface area contributed by atoms with Crippen LogP contribution in [0.1, 0.15) is 56.4 Å². The minimum Gasteiger partial charge on any atom is -0.481 e. The van der Waals surface area contributed by atoms with E-state index in [1.54, 1.807) is 0 Å². The highest BCUT2D eigenvalue weighted by atomic mass is 32.1. The smallest absolute Gasteiger partial charge is 0.174 e. The van der Waals surface area contributed by atoms with Gasteiger partial charge in [-0.2, -0.15) is 0 Å². The molecule has 2 fully saturated rings. The van der Waals surface area contributed by atoms with Crippen molar-refractivity contribution in [1.29, 1.82) is 0 Å². The van der Waals surface area contributed by atoms with E-state index in [0.29, 0.717) is 12.1 Å². The van der Waals surface area contributed by atoms with Gasteiger partial charge in [0.05, 0.1) is 0 Å². The molecule has 0 saturated carbocycles. The summed E-state index contributed by atoms with van der Waals surface area (Å²) in [6.07, 6.45) is 8.04. The first kappa shape index (κ1) is 17.8. The Balaban J connectivity index is 1.33. The molecular formula is C20H33N3OS. The number of piperidine rings is 2. The number of nitrogens with zero attached hydrogens (tertiary/aromatic N) is 3. The summed E-state index contributed by atoms with van der Waals surface area (Å²) in [5, 5.41) is 6.34. The van der Waals surface area contributed by atoms with Crippen LogP contribution >= 0.6 is 11.3 Å². The SMILES string of the molecule is CC(C)N1CCC(Oc2cc3c(s2)CN(N2CCCCC2)CC3)CC1. The summed E-state index contributed by atoms with van der Waals surface area (Å²) in [7, 11) is 0. The lowest BCUT2D eigenvalue weighted by Gasteiger charge is -2.39.